The molecular formula is C25H22FN3O2S. The molecule has 0 amide bonds. The van der Waals surface area contributed by atoms with E-state index in [4.69, 9.17) is 4.74 Å². The maximum atomic E-state index is 14.5. The molecule has 0 radical (unpaired) electrons. The van der Waals surface area contributed by atoms with E-state index in [-0.39, 0.29) is 11.8 Å². The molecule has 32 heavy (non-hydrogen) atoms. The van der Waals surface area contributed by atoms with Crippen molar-refractivity contribution in [2.75, 3.05) is 7.11 Å². The van der Waals surface area contributed by atoms with Crippen molar-refractivity contribution >= 4 is 17.7 Å². The van der Waals surface area contributed by atoms with Crippen LogP contribution < -0.4 is 0 Å². The van der Waals surface area contributed by atoms with Crippen LogP contribution >= 0.6 is 11.8 Å². The van der Waals surface area contributed by atoms with Crippen LogP contribution in [0.2, 0.25) is 0 Å². The molecule has 3 aromatic carbocycles. The number of thioether (sulfide) groups is 1. The number of esters is 1. The van der Waals surface area contributed by atoms with Gasteiger partial charge in [-0.15, -0.1) is 10.2 Å². The van der Waals surface area contributed by atoms with Gasteiger partial charge in [0.25, 0.3) is 0 Å². The van der Waals surface area contributed by atoms with Crippen molar-refractivity contribution in [1.29, 1.82) is 0 Å². The van der Waals surface area contributed by atoms with Gasteiger partial charge in [0.05, 0.1) is 18.2 Å². The molecule has 0 saturated heterocycles. The average Bonchev–Trinajstić information content (AvgIpc) is 3.24. The highest BCUT2D eigenvalue weighted by Crippen LogP contribution is 2.28. The summed E-state index contributed by atoms with van der Waals surface area (Å²) in [6, 6.07) is 24.0. The van der Waals surface area contributed by atoms with Gasteiger partial charge in [-0.1, -0.05) is 66.4 Å². The number of nitrogens with zero attached hydrogens (tertiary/aromatic N) is 3. The molecule has 0 aliphatic heterocycles. The van der Waals surface area contributed by atoms with Crippen molar-refractivity contribution < 1.29 is 13.9 Å². The molecule has 4 aromatic rings. The lowest BCUT2D eigenvalue weighted by Crippen LogP contribution is -2.06. The summed E-state index contributed by atoms with van der Waals surface area (Å²) in [5.41, 5.74) is 3.17. The number of ether oxygens (including phenoxy) is 1. The number of hydrogen-bond acceptors (Lipinski definition) is 5. The molecule has 0 atom stereocenters. The highest BCUT2D eigenvalue weighted by molar-refractivity contribution is 7.98. The van der Waals surface area contributed by atoms with E-state index >= 15 is 0 Å². The molecular weight excluding hydrogens is 425 g/mol. The Morgan fingerprint density at radius 3 is 2.38 bits per heavy atom. The Morgan fingerprint density at radius 2 is 1.66 bits per heavy atom. The summed E-state index contributed by atoms with van der Waals surface area (Å²) < 4.78 is 21.2. The minimum Gasteiger partial charge on any atom is -0.465 e. The zero-order valence-electron chi connectivity index (χ0n) is 17.6. The molecule has 5 nitrogen and oxygen atoms in total. The fraction of sp³-hybridized carbons (Fsp3) is 0.160. The van der Waals surface area contributed by atoms with Crippen LogP contribution in [0.25, 0.3) is 11.4 Å². The minimum atomic E-state index is -0.362. The minimum absolute atomic E-state index is 0.323. The van der Waals surface area contributed by atoms with Gasteiger partial charge in [-0.05, 0) is 41.8 Å². The van der Waals surface area contributed by atoms with Gasteiger partial charge in [-0.25, -0.2) is 9.18 Å². The summed E-state index contributed by atoms with van der Waals surface area (Å²) >= 11 is 1.53. The summed E-state index contributed by atoms with van der Waals surface area (Å²) in [6.07, 6.45) is 0.779. The standard InChI is InChI=1S/C25H22FN3O2S/c1-31-24(30)20-13-11-19(12-14-20)17-32-25-28-27-23(21-9-5-6-10-22(21)26)29(25)16-15-18-7-3-2-4-8-18/h2-14H,15-17H2,1H3. The van der Waals surface area contributed by atoms with Crippen LogP contribution in [0.1, 0.15) is 21.5 Å². The number of halogens is 1. The van der Waals surface area contributed by atoms with E-state index in [1.54, 1.807) is 30.3 Å². The van der Waals surface area contributed by atoms with E-state index in [2.05, 4.69) is 22.3 Å². The molecule has 0 fully saturated rings. The Labute approximate surface area is 190 Å². The van der Waals surface area contributed by atoms with E-state index in [1.807, 2.05) is 34.9 Å². The second-order valence-electron chi connectivity index (χ2n) is 7.15. The number of methoxy groups -OCH3 is 1. The zero-order chi connectivity index (χ0) is 22.3. The summed E-state index contributed by atoms with van der Waals surface area (Å²) in [4.78, 5) is 11.6. The Morgan fingerprint density at radius 1 is 0.938 bits per heavy atom. The van der Waals surface area contributed by atoms with Crippen LogP contribution in [0.4, 0.5) is 4.39 Å². The highest BCUT2D eigenvalue weighted by atomic mass is 32.2. The Hall–Kier alpha value is -3.45. The van der Waals surface area contributed by atoms with Gasteiger partial charge < -0.3 is 9.30 Å². The van der Waals surface area contributed by atoms with Crippen LogP contribution in [0.3, 0.4) is 0 Å². The summed E-state index contributed by atoms with van der Waals surface area (Å²) in [7, 11) is 1.36. The van der Waals surface area contributed by atoms with Gasteiger partial charge in [0.15, 0.2) is 11.0 Å². The highest BCUT2D eigenvalue weighted by Gasteiger charge is 2.17. The molecule has 0 aliphatic rings. The van der Waals surface area contributed by atoms with Crippen molar-refractivity contribution in [3.63, 3.8) is 0 Å². The van der Waals surface area contributed by atoms with Crippen LogP contribution in [-0.4, -0.2) is 27.8 Å². The average molecular weight is 448 g/mol. The third-order valence-electron chi connectivity index (χ3n) is 5.04. The van der Waals surface area contributed by atoms with Crippen molar-refractivity contribution in [2.24, 2.45) is 0 Å². The van der Waals surface area contributed by atoms with Crippen LogP contribution in [0, 0.1) is 5.82 Å². The molecule has 162 valence electrons. The molecule has 0 spiro atoms. The normalized spacial score (nSPS) is 10.8. The monoisotopic (exact) mass is 447 g/mol. The fourth-order valence-electron chi connectivity index (χ4n) is 3.33. The molecule has 0 bridgehead atoms. The third kappa shape index (κ3) is 5.06. The van der Waals surface area contributed by atoms with Crippen molar-refractivity contribution in [1.82, 2.24) is 14.8 Å². The van der Waals surface area contributed by atoms with E-state index in [9.17, 15) is 9.18 Å². The largest absolute Gasteiger partial charge is 0.465 e. The van der Waals surface area contributed by atoms with Crippen LogP contribution in [0.5, 0.6) is 0 Å². The van der Waals surface area contributed by atoms with Crippen molar-refractivity contribution in [2.45, 2.75) is 23.9 Å². The van der Waals surface area contributed by atoms with Gasteiger partial charge in [-0.3, -0.25) is 0 Å². The lowest BCUT2D eigenvalue weighted by Gasteiger charge is -2.11. The molecule has 1 heterocycles. The fourth-order valence-corrected chi connectivity index (χ4v) is 4.25. The Balaban J connectivity index is 1.57. The number of benzene rings is 3. The third-order valence-corrected chi connectivity index (χ3v) is 6.08. The van der Waals surface area contributed by atoms with E-state index in [1.165, 1.54) is 30.5 Å². The lowest BCUT2D eigenvalue weighted by molar-refractivity contribution is 0.0600. The first-order valence-electron chi connectivity index (χ1n) is 10.2. The number of hydrogen-bond donors (Lipinski definition) is 0. The molecule has 0 saturated carbocycles. The van der Waals surface area contributed by atoms with Gasteiger partial charge in [0.2, 0.25) is 0 Å². The Bertz CT molecular complexity index is 1190. The van der Waals surface area contributed by atoms with Gasteiger partial charge >= 0.3 is 5.97 Å². The molecule has 7 heteroatoms. The maximum absolute atomic E-state index is 14.5. The predicted octanol–water partition coefficient (Wildman–Crippen LogP) is 5.41. The second-order valence-corrected chi connectivity index (χ2v) is 8.09. The van der Waals surface area contributed by atoms with Crippen molar-refractivity contribution in [3.8, 4) is 11.4 Å². The SMILES string of the molecule is COC(=O)c1ccc(CSc2nnc(-c3ccccc3F)n2CCc2ccccc2)cc1. The van der Waals surface area contributed by atoms with Crippen LogP contribution in [0.15, 0.2) is 84.0 Å². The van der Waals surface area contributed by atoms with E-state index in [0.717, 1.165) is 17.1 Å². The molecule has 0 aliphatic carbocycles. The first-order chi connectivity index (χ1) is 15.7. The van der Waals surface area contributed by atoms with Gasteiger partial charge in [0, 0.05) is 12.3 Å². The first-order valence-corrected chi connectivity index (χ1v) is 11.2. The van der Waals surface area contributed by atoms with Crippen molar-refractivity contribution in [3.05, 3.63) is 101 Å². The van der Waals surface area contributed by atoms with Gasteiger partial charge in [0.1, 0.15) is 5.82 Å². The quantitative estimate of drug-likeness (QED) is 0.267. The second kappa shape index (κ2) is 10.2. The number of carbonyl (C=O) groups excluding carboxylic acids is 1. The topological polar surface area (TPSA) is 57.0 Å². The van der Waals surface area contributed by atoms with E-state index < -0.39 is 0 Å². The molecule has 0 unspecified atom stereocenters. The summed E-state index contributed by atoms with van der Waals surface area (Å²) in [5, 5.41) is 9.39. The maximum Gasteiger partial charge on any atom is 0.337 e. The number of carbonyl (C=O) groups is 1. The molecule has 0 N–H and O–H groups in total. The van der Waals surface area contributed by atoms with Crippen LogP contribution in [-0.2, 0) is 23.5 Å². The number of aryl methyl sites for hydroxylation is 1. The molecule has 4 rings (SSSR count). The Kier molecular flexibility index (Phi) is 6.97. The van der Waals surface area contributed by atoms with E-state index in [0.29, 0.717) is 29.2 Å². The number of rotatable bonds is 8. The lowest BCUT2D eigenvalue weighted by atomic mass is 10.1. The number of aromatic nitrogens is 3. The van der Waals surface area contributed by atoms with Gasteiger partial charge in [-0.2, -0.15) is 0 Å². The predicted molar refractivity (Wildman–Crippen MR) is 123 cm³/mol. The smallest absolute Gasteiger partial charge is 0.337 e. The zero-order valence-corrected chi connectivity index (χ0v) is 18.4. The summed E-state index contributed by atoms with van der Waals surface area (Å²) in [6.45, 7) is 0.629. The first kappa shape index (κ1) is 21.8. The molecule has 1 aromatic heterocycles. The summed E-state index contributed by atoms with van der Waals surface area (Å²) in [5.74, 6) is 0.472.